The van der Waals surface area contributed by atoms with Crippen molar-refractivity contribution < 1.29 is 9.90 Å². The molecule has 1 saturated carbocycles. The molecule has 0 unspecified atom stereocenters. The number of benzene rings is 1. The highest BCUT2D eigenvalue weighted by atomic mass is 16.3. The van der Waals surface area contributed by atoms with Gasteiger partial charge in [-0.15, -0.1) is 0 Å². The van der Waals surface area contributed by atoms with Gasteiger partial charge in [0.1, 0.15) is 0 Å². The topological polar surface area (TPSA) is 49.3 Å². The zero-order valence-corrected chi connectivity index (χ0v) is 10.5. The van der Waals surface area contributed by atoms with Crippen molar-refractivity contribution >= 4 is 5.91 Å². The van der Waals surface area contributed by atoms with Crippen molar-refractivity contribution in [3.63, 3.8) is 0 Å². The Balaban J connectivity index is 1.56. The molecular weight excluding hydrogens is 226 g/mol. The largest absolute Gasteiger partial charge is 0.396 e. The van der Waals surface area contributed by atoms with Crippen LogP contribution < -0.4 is 5.32 Å². The van der Waals surface area contributed by atoms with E-state index in [1.165, 1.54) is 11.1 Å². The van der Waals surface area contributed by atoms with E-state index in [0.717, 1.165) is 25.7 Å². The fourth-order valence-electron chi connectivity index (χ4n) is 2.73. The number of hydrogen-bond donors (Lipinski definition) is 2. The predicted molar refractivity (Wildman–Crippen MR) is 69.1 cm³/mol. The van der Waals surface area contributed by atoms with Gasteiger partial charge in [-0.3, -0.25) is 4.79 Å². The highest BCUT2D eigenvalue weighted by Gasteiger charge is 2.42. The second kappa shape index (κ2) is 4.39. The van der Waals surface area contributed by atoms with E-state index in [-0.39, 0.29) is 23.8 Å². The van der Waals surface area contributed by atoms with Crippen LogP contribution in [-0.4, -0.2) is 24.2 Å². The minimum atomic E-state index is 0.00111. The predicted octanol–water partition coefficient (Wildman–Crippen LogP) is 1.29. The Hall–Kier alpha value is -1.35. The quantitative estimate of drug-likeness (QED) is 0.840. The number of aliphatic hydroxyl groups is 1. The molecule has 96 valence electrons. The fraction of sp³-hybridized carbons (Fsp3) is 0.533. The van der Waals surface area contributed by atoms with Crippen LogP contribution in [0.1, 0.15) is 24.0 Å². The lowest BCUT2D eigenvalue weighted by Crippen LogP contribution is -2.36. The van der Waals surface area contributed by atoms with Gasteiger partial charge >= 0.3 is 0 Å². The van der Waals surface area contributed by atoms with Crippen LogP contribution in [0.3, 0.4) is 0 Å². The molecule has 0 saturated heterocycles. The number of hydrogen-bond acceptors (Lipinski definition) is 2. The van der Waals surface area contributed by atoms with Crippen molar-refractivity contribution in [2.75, 3.05) is 13.2 Å². The van der Waals surface area contributed by atoms with Gasteiger partial charge in [-0.25, -0.2) is 0 Å². The Labute approximate surface area is 107 Å². The van der Waals surface area contributed by atoms with Gasteiger partial charge in [0.15, 0.2) is 0 Å². The molecule has 0 heterocycles. The van der Waals surface area contributed by atoms with Crippen molar-refractivity contribution in [2.45, 2.75) is 25.7 Å². The lowest BCUT2D eigenvalue weighted by atomic mass is 10.0. The molecule has 1 fully saturated rings. The molecule has 0 aliphatic heterocycles. The molecule has 3 heteroatoms. The van der Waals surface area contributed by atoms with Crippen molar-refractivity contribution in [1.29, 1.82) is 0 Å². The Bertz CT molecular complexity index is 440. The first kappa shape index (κ1) is 11.7. The van der Waals surface area contributed by atoms with E-state index in [1.807, 2.05) is 12.1 Å². The number of carbonyl (C=O) groups is 1. The van der Waals surface area contributed by atoms with Crippen LogP contribution in [0.5, 0.6) is 0 Å². The summed E-state index contributed by atoms with van der Waals surface area (Å²) in [4.78, 5) is 12.1. The summed E-state index contributed by atoms with van der Waals surface area (Å²) in [5, 5.41) is 12.2. The van der Waals surface area contributed by atoms with Gasteiger partial charge in [-0.1, -0.05) is 24.3 Å². The van der Waals surface area contributed by atoms with Crippen LogP contribution in [0, 0.1) is 11.3 Å². The van der Waals surface area contributed by atoms with Gasteiger partial charge in [0, 0.05) is 17.9 Å². The Morgan fingerprint density at radius 1 is 1.28 bits per heavy atom. The Kier molecular flexibility index (Phi) is 2.86. The standard InChI is InChI=1S/C15H19NO2/c17-10-15(5-6-15)9-16-14(18)13-7-11-3-1-2-4-12(11)8-13/h1-4,13,17H,5-10H2,(H,16,18). The first-order chi connectivity index (χ1) is 8.72. The van der Waals surface area contributed by atoms with E-state index in [4.69, 9.17) is 0 Å². The monoisotopic (exact) mass is 245 g/mol. The average molecular weight is 245 g/mol. The number of amides is 1. The van der Waals surface area contributed by atoms with Gasteiger partial charge in [0.2, 0.25) is 5.91 Å². The summed E-state index contributed by atoms with van der Waals surface area (Å²) in [5.74, 6) is 0.225. The number of fused-ring (bicyclic) bond motifs is 1. The first-order valence-corrected chi connectivity index (χ1v) is 6.68. The van der Waals surface area contributed by atoms with E-state index in [9.17, 15) is 9.90 Å². The molecule has 1 aromatic carbocycles. The third-order valence-electron chi connectivity index (χ3n) is 4.35. The van der Waals surface area contributed by atoms with Crippen molar-refractivity contribution in [1.82, 2.24) is 5.32 Å². The summed E-state index contributed by atoms with van der Waals surface area (Å²) in [7, 11) is 0. The number of carbonyl (C=O) groups excluding carboxylic acids is 1. The SMILES string of the molecule is O=C(NCC1(CO)CC1)C1Cc2ccccc2C1. The second-order valence-corrected chi connectivity index (χ2v) is 5.75. The van der Waals surface area contributed by atoms with E-state index < -0.39 is 0 Å². The molecule has 1 amide bonds. The lowest BCUT2D eigenvalue weighted by Gasteiger charge is -2.15. The number of nitrogens with one attached hydrogen (secondary N) is 1. The molecule has 2 N–H and O–H groups in total. The van der Waals surface area contributed by atoms with Gasteiger partial charge in [-0.2, -0.15) is 0 Å². The number of aliphatic hydroxyl groups excluding tert-OH is 1. The minimum absolute atomic E-state index is 0.00111. The van der Waals surface area contributed by atoms with E-state index >= 15 is 0 Å². The summed E-state index contributed by atoms with van der Waals surface area (Å²) in [6, 6.07) is 8.28. The van der Waals surface area contributed by atoms with Crippen LogP contribution in [0.4, 0.5) is 0 Å². The molecule has 2 aliphatic rings. The van der Waals surface area contributed by atoms with Crippen LogP contribution in [0.2, 0.25) is 0 Å². The Morgan fingerprint density at radius 2 is 1.89 bits per heavy atom. The van der Waals surface area contributed by atoms with Crippen LogP contribution in [-0.2, 0) is 17.6 Å². The molecule has 0 bridgehead atoms. The summed E-state index contributed by atoms with van der Waals surface area (Å²) < 4.78 is 0. The van der Waals surface area contributed by atoms with Gasteiger partial charge in [0.25, 0.3) is 0 Å². The summed E-state index contributed by atoms with van der Waals surface area (Å²) in [6.07, 6.45) is 3.78. The van der Waals surface area contributed by atoms with Crippen molar-refractivity contribution in [2.24, 2.45) is 11.3 Å². The molecule has 3 nitrogen and oxygen atoms in total. The highest BCUT2D eigenvalue weighted by molar-refractivity contribution is 5.80. The molecule has 3 rings (SSSR count). The van der Waals surface area contributed by atoms with Crippen LogP contribution >= 0.6 is 0 Å². The molecule has 18 heavy (non-hydrogen) atoms. The minimum Gasteiger partial charge on any atom is -0.396 e. The van der Waals surface area contributed by atoms with Crippen molar-refractivity contribution in [3.05, 3.63) is 35.4 Å². The zero-order valence-electron chi connectivity index (χ0n) is 10.5. The molecule has 0 aromatic heterocycles. The maximum atomic E-state index is 12.1. The van der Waals surface area contributed by atoms with E-state index in [0.29, 0.717) is 6.54 Å². The molecule has 0 atom stereocenters. The number of rotatable bonds is 4. The third kappa shape index (κ3) is 2.15. The van der Waals surface area contributed by atoms with Gasteiger partial charge in [-0.05, 0) is 36.8 Å². The average Bonchev–Trinajstić information content (AvgIpc) is 3.05. The van der Waals surface area contributed by atoms with Crippen LogP contribution in [0.25, 0.3) is 0 Å². The molecular formula is C15H19NO2. The maximum Gasteiger partial charge on any atom is 0.223 e. The van der Waals surface area contributed by atoms with Gasteiger partial charge in [0.05, 0.1) is 6.61 Å². The fourth-order valence-corrected chi connectivity index (χ4v) is 2.73. The highest BCUT2D eigenvalue weighted by Crippen LogP contribution is 2.44. The van der Waals surface area contributed by atoms with E-state index in [2.05, 4.69) is 17.4 Å². The lowest BCUT2D eigenvalue weighted by molar-refractivity contribution is -0.125. The van der Waals surface area contributed by atoms with Gasteiger partial charge < -0.3 is 10.4 Å². The zero-order chi connectivity index (χ0) is 12.6. The summed E-state index contributed by atoms with van der Waals surface area (Å²) in [5.41, 5.74) is 2.61. The summed E-state index contributed by atoms with van der Waals surface area (Å²) >= 11 is 0. The van der Waals surface area contributed by atoms with Crippen LogP contribution in [0.15, 0.2) is 24.3 Å². The molecule has 1 aromatic rings. The van der Waals surface area contributed by atoms with E-state index in [1.54, 1.807) is 0 Å². The normalized spacial score (nSPS) is 20.5. The smallest absolute Gasteiger partial charge is 0.223 e. The first-order valence-electron chi connectivity index (χ1n) is 6.68. The molecule has 0 radical (unpaired) electrons. The Morgan fingerprint density at radius 3 is 2.39 bits per heavy atom. The second-order valence-electron chi connectivity index (χ2n) is 5.75. The maximum absolute atomic E-state index is 12.1. The summed E-state index contributed by atoms with van der Waals surface area (Å²) in [6.45, 7) is 0.827. The molecule has 0 spiro atoms. The molecule has 2 aliphatic carbocycles. The van der Waals surface area contributed by atoms with Crippen molar-refractivity contribution in [3.8, 4) is 0 Å². The third-order valence-corrected chi connectivity index (χ3v) is 4.35.